The highest BCUT2D eigenvalue weighted by atomic mass is 19.4. The number of phenolic OH excluding ortho intramolecular Hbond substituents is 1. The average molecular weight is 585 g/mol. The van der Waals surface area contributed by atoms with Gasteiger partial charge in [-0.2, -0.15) is 13.2 Å². The molecule has 1 amide bonds. The van der Waals surface area contributed by atoms with Crippen LogP contribution in [0.15, 0.2) is 73.1 Å². The molecule has 0 bridgehead atoms. The fourth-order valence-electron chi connectivity index (χ4n) is 5.38. The molecule has 2 aromatic heterocycles. The number of pyridine rings is 1. The zero-order chi connectivity index (χ0) is 30.3. The first-order valence-corrected chi connectivity index (χ1v) is 13.7. The van der Waals surface area contributed by atoms with Crippen LogP contribution in [-0.2, 0) is 6.18 Å². The first-order valence-electron chi connectivity index (χ1n) is 13.7. The Morgan fingerprint density at radius 3 is 2.56 bits per heavy atom. The van der Waals surface area contributed by atoms with E-state index in [1.165, 1.54) is 12.1 Å². The molecule has 3 aromatic carbocycles. The van der Waals surface area contributed by atoms with Crippen molar-refractivity contribution >= 4 is 34.3 Å². The largest absolute Gasteiger partial charge is 0.507 e. The van der Waals surface area contributed by atoms with Crippen molar-refractivity contribution in [2.75, 3.05) is 29.0 Å². The summed E-state index contributed by atoms with van der Waals surface area (Å²) in [6.45, 7) is 3.63. The van der Waals surface area contributed by atoms with Crippen molar-refractivity contribution in [1.82, 2.24) is 15.0 Å². The summed E-state index contributed by atoms with van der Waals surface area (Å²) in [4.78, 5) is 28.5. The van der Waals surface area contributed by atoms with E-state index in [2.05, 4.69) is 25.2 Å². The van der Waals surface area contributed by atoms with E-state index in [0.29, 0.717) is 33.2 Å². The molecule has 0 radical (unpaired) electrons. The fourth-order valence-corrected chi connectivity index (χ4v) is 5.38. The van der Waals surface area contributed by atoms with Crippen LogP contribution >= 0.6 is 0 Å². The standard InChI is InChI=1S/C32H27F3N6O2/c1-18-7-8-20(30(43)39-23-6-4-5-22(16-23)32(33,34)35)13-24(18)25-14-21-17-38-31(36)40-28(21)27(29(25)42)19-9-10-37-26(15-19)41-11-2-3-12-41/h4-10,13-17,42H,2-3,11-12H2,1H3,(H,39,43)(H2,36,38,40). The van der Waals surface area contributed by atoms with Gasteiger partial charge in [-0.1, -0.05) is 12.1 Å². The van der Waals surface area contributed by atoms with E-state index >= 15 is 0 Å². The van der Waals surface area contributed by atoms with E-state index in [9.17, 15) is 23.1 Å². The van der Waals surface area contributed by atoms with E-state index in [1.807, 2.05) is 13.0 Å². The second-order valence-electron chi connectivity index (χ2n) is 10.5. The summed E-state index contributed by atoms with van der Waals surface area (Å²) in [6.07, 6.45) is 0.885. The van der Waals surface area contributed by atoms with Gasteiger partial charge in [0.2, 0.25) is 5.95 Å². The van der Waals surface area contributed by atoms with E-state index in [-0.39, 0.29) is 22.9 Å². The molecular weight excluding hydrogens is 557 g/mol. The number of nitrogens with one attached hydrogen (secondary N) is 1. The zero-order valence-electron chi connectivity index (χ0n) is 23.1. The van der Waals surface area contributed by atoms with Crippen molar-refractivity contribution in [1.29, 1.82) is 0 Å². The quantitative estimate of drug-likeness (QED) is 0.207. The Bertz CT molecular complexity index is 1870. The van der Waals surface area contributed by atoms with Crippen molar-refractivity contribution in [3.8, 4) is 28.0 Å². The number of aryl methyl sites for hydroxylation is 1. The molecular formula is C32H27F3N6O2. The number of nitrogens with zero attached hydrogens (tertiary/aromatic N) is 4. The van der Waals surface area contributed by atoms with Crippen LogP contribution < -0.4 is 16.0 Å². The number of alkyl halides is 3. The van der Waals surface area contributed by atoms with Gasteiger partial charge in [0.25, 0.3) is 5.91 Å². The number of fused-ring (bicyclic) bond motifs is 1. The lowest BCUT2D eigenvalue weighted by Crippen LogP contribution is -2.18. The number of amides is 1. The fraction of sp³-hybridized carbons (Fsp3) is 0.188. The van der Waals surface area contributed by atoms with Gasteiger partial charge in [-0.05, 0) is 85.0 Å². The number of carbonyl (C=O) groups is 1. The molecule has 0 unspecified atom stereocenters. The van der Waals surface area contributed by atoms with Gasteiger partial charge in [-0.25, -0.2) is 15.0 Å². The molecule has 6 rings (SSSR count). The van der Waals surface area contributed by atoms with E-state index in [4.69, 9.17) is 5.73 Å². The number of phenols is 1. The average Bonchev–Trinajstić information content (AvgIpc) is 3.52. The molecule has 4 N–H and O–H groups in total. The Morgan fingerprint density at radius 1 is 1.00 bits per heavy atom. The number of halogens is 3. The highest BCUT2D eigenvalue weighted by Crippen LogP contribution is 2.44. The summed E-state index contributed by atoms with van der Waals surface area (Å²) < 4.78 is 39.5. The number of benzene rings is 3. The summed E-state index contributed by atoms with van der Waals surface area (Å²) in [7, 11) is 0. The molecule has 1 saturated heterocycles. The second kappa shape index (κ2) is 10.9. The van der Waals surface area contributed by atoms with Gasteiger partial charge in [0.15, 0.2) is 0 Å². The summed E-state index contributed by atoms with van der Waals surface area (Å²) in [6, 6.07) is 14.8. The predicted octanol–water partition coefficient (Wildman–Crippen LogP) is 6.83. The van der Waals surface area contributed by atoms with E-state index in [1.54, 1.807) is 42.7 Å². The van der Waals surface area contributed by atoms with E-state index < -0.39 is 17.6 Å². The zero-order valence-corrected chi connectivity index (χ0v) is 23.1. The number of hydrogen-bond acceptors (Lipinski definition) is 7. The van der Waals surface area contributed by atoms with Crippen LogP contribution in [0.4, 0.5) is 30.6 Å². The monoisotopic (exact) mass is 584 g/mol. The van der Waals surface area contributed by atoms with Crippen LogP contribution in [0.25, 0.3) is 33.2 Å². The van der Waals surface area contributed by atoms with Crippen LogP contribution in [0.1, 0.15) is 34.3 Å². The van der Waals surface area contributed by atoms with Gasteiger partial charge in [-0.3, -0.25) is 4.79 Å². The van der Waals surface area contributed by atoms with Gasteiger partial charge < -0.3 is 21.1 Å². The van der Waals surface area contributed by atoms with Crippen molar-refractivity contribution in [3.05, 3.63) is 89.7 Å². The van der Waals surface area contributed by atoms with Crippen molar-refractivity contribution < 1.29 is 23.1 Å². The van der Waals surface area contributed by atoms with Crippen molar-refractivity contribution in [2.24, 2.45) is 0 Å². The molecule has 8 nitrogen and oxygen atoms in total. The minimum atomic E-state index is -4.54. The van der Waals surface area contributed by atoms with Gasteiger partial charge in [0, 0.05) is 47.7 Å². The van der Waals surface area contributed by atoms with Gasteiger partial charge in [0.05, 0.1) is 16.6 Å². The number of nitrogen functional groups attached to an aromatic ring is 1. The Kier molecular flexibility index (Phi) is 7.09. The number of rotatable bonds is 5. The van der Waals surface area contributed by atoms with Crippen LogP contribution in [0, 0.1) is 6.92 Å². The van der Waals surface area contributed by atoms with Gasteiger partial charge >= 0.3 is 6.18 Å². The normalized spacial score (nSPS) is 13.4. The number of hydrogen-bond donors (Lipinski definition) is 3. The molecule has 11 heteroatoms. The SMILES string of the molecule is Cc1ccc(C(=O)Nc2cccc(C(F)(F)F)c2)cc1-c1cc2cnc(N)nc2c(-c2ccnc(N3CCCC3)c2)c1O. The third kappa shape index (κ3) is 5.53. The van der Waals surface area contributed by atoms with Gasteiger partial charge in [-0.15, -0.1) is 0 Å². The lowest BCUT2D eigenvalue weighted by atomic mass is 9.91. The molecule has 1 fully saturated rings. The predicted molar refractivity (Wildman–Crippen MR) is 160 cm³/mol. The summed E-state index contributed by atoms with van der Waals surface area (Å²) in [5, 5.41) is 15.0. The lowest BCUT2D eigenvalue weighted by molar-refractivity contribution is -0.137. The molecule has 3 heterocycles. The smallest absolute Gasteiger partial charge is 0.416 e. The Hall–Kier alpha value is -5.19. The first kappa shape index (κ1) is 28.0. The molecule has 0 atom stereocenters. The molecule has 5 aromatic rings. The molecule has 218 valence electrons. The minimum Gasteiger partial charge on any atom is -0.507 e. The van der Waals surface area contributed by atoms with Crippen LogP contribution in [0.5, 0.6) is 5.75 Å². The maximum atomic E-state index is 13.2. The Balaban J connectivity index is 1.44. The number of carbonyl (C=O) groups excluding carboxylic acids is 1. The molecule has 0 aliphatic carbocycles. The Labute approximate surface area is 245 Å². The van der Waals surface area contributed by atoms with Crippen molar-refractivity contribution in [2.45, 2.75) is 25.9 Å². The first-order chi connectivity index (χ1) is 20.6. The number of nitrogens with two attached hydrogens (primary N) is 1. The Morgan fingerprint density at radius 2 is 1.79 bits per heavy atom. The summed E-state index contributed by atoms with van der Waals surface area (Å²) in [5.41, 5.74) is 8.64. The molecule has 1 aliphatic heterocycles. The van der Waals surface area contributed by atoms with Crippen LogP contribution in [0.3, 0.4) is 0 Å². The second-order valence-corrected chi connectivity index (χ2v) is 10.5. The number of aromatic hydroxyl groups is 1. The molecule has 0 spiro atoms. The number of aromatic nitrogens is 3. The summed E-state index contributed by atoms with van der Waals surface area (Å²) in [5.74, 6) is 0.183. The lowest BCUT2D eigenvalue weighted by Gasteiger charge is -2.19. The third-order valence-corrected chi connectivity index (χ3v) is 7.57. The molecule has 43 heavy (non-hydrogen) atoms. The van der Waals surface area contributed by atoms with E-state index in [0.717, 1.165) is 49.4 Å². The highest BCUT2D eigenvalue weighted by molar-refractivity contribution is 6.06. The molecule has 0 saturated carbocycles. The highest BCUT2D eigenvalue weighted by Gasteiger charge is 2.30. The van der Waals surface area contributed by atoms with Gasteiger partial charge in [0.1, 0.15) is 11.6 Å². The number of anilines is 3. The topological polar surface area (TPSA) is 117 Å². The maximum Gasteiger partial charge on any atom is 0.416 e. The molecule has 1 aliphatic rings. The minimum absolute atomic E-state index is 0.0130. The van der Waals surface area contributed by atoms with Crippen molar-refractivity contribution in [3.63, 3.8) is 0 Å². The maximum absolute atomic E-state index is 13.2. The third-order valence-electron chi connectivity index (χ3n) is 7.57. The van der Waals surface area contributed by atoms with Crippen LogP contribution in [-0.4, -0.2) is 39.1 Å². The summed E-state index contributed by atoms with van der Waals surface area (Å²) >= 11 is 0. The van der Waals surface area contributed by atoms with Crippen LogP contribution in [0.2, 0.25) is 0 Å².